The van der Waals surface area contributed by atoms with Gasteiger partial charge in [-0.25, -0.2) is 4.99 Å². The van der Waals surface area contributed by atoms with Gasteiger partial charge in [0.2, 0.25) is 0 Å². The molecule has 0 fully saturated rings. The summed E-state index contributed by atoms with van der Waals surface area (Å²) < 4.78 is 11.4. The molecule has 0 aromatic heterocycles. The fraction of sp³-hybridized carbons (Fsp3) is 0.650. The molecule has 2 rings (SSSR count). The molecular formula is C20H33ClIN3O3. The van der Waals surface area contributed by atoms with E-state index < -0.39 is 0 Å². The molecule has 0 spiro atoms. The van der Waals surface area contributed by atoms with Crippen molar-refractivity contribution in [2.75, 3.05) is 32.9 Å². The van der Waals surface area contributed by atoms with Gasteiger partial charge in [-0.2, -0.15) is 0 Å². The summed E-state index contributed by atoms with van der Waals surface area (Å²) in [5.41, 5.74) is 0.974. The number of benzene rings is 1. The van der Waals surface area contributed by atoms with E-state index in [1.165, 1.54) is 0 Å². The van der Waals surface area contributed by atoms with Gasteiger partial charge in [0.15, 0.2) is 17.5 Å². The van der Waals surface area contributed by atoms with Crippen molar-refractivity contribution >= 4 is 41.5 Å². The van der Waals surface area contributed by atoms with Crippen molar-refractivity contribution in [1.29, 1.82) is 0 Å². The quantitative estimate of drug-likeness (QED) is 0.258. The van der Waals surface area contributed by atoms with Crippen LogP contribution in [0.25, 0.3) is 0 Å². The van der Waals surface area contributed by atoms with Crippen LogP contribution in [-0.4, -0.2) is 44.0 Å². The summed E-state index contributed by atoms with van der Waals surface area (Å²) in [7, 11) is 0. The van der Waals surface area contributed by atoms with E-state index in [0.29, 0.717) is 42.2 Å². The number of guanidine groups is 1. The van der Waals surface area contributed by atoms with Crippen molar-refractivity contribution in [3.63, 3.8) is 0 Å². The molecule has 1 heterocycles. The number of ether oxygens (including phenoxy) is 2. The summed E-state index contributed by atoms with van der Waals surface area (Å²) in [6.45, 7) is 7.74. The van der Waals surface area contributed by atoms with E-state index in [-0.39, 0.29) is 30.6 Å². The predicted octanol–water partition coefficient (Wildman–Crippen LogP) is 3.97. The van der Waals surface area contributed by atoms with E-state index >= 15 is 0 Å². The molecule has 160 valence electrons. The maximum atomic E-state index is 9.22. The molecule has 1 aliphatic rings. The lowest BCUT2D eigenvalue weighted by Gasteiger charge is -2.18. The number of nitrogens with one attached hydrogen (secondary N) is 2. The Hall–Kier alpha value is -0.930. The number of aliphatic hydroxyl groups is 1. The Kier molecular flexibility index (Phi) is 12.7. The van der Waals surface area contributed by atoms with Crippen LogP contribution in [0.3, 0.4) is 0 Å². The summed E-state index contributed by atoms with van der Waals surface area (Å²) >= 11 is 6.36. The highest BCUT2D eigenvalue weighted by Crippen LogP contribution is 2.38. The Bertz CT molecular complexity index is 611. The molecule has 1 aromatic rings. The van der Waals surface area contributed by atoms with E-state index in [0.717, 1.165) is 50.3 Å². The zero-order valence-corrected chi connectivity index (χ0v) is 19.9. The largest absolute Gasteiger partial charge is 0.489 e. The Labute approximate surface area is 190 Å². The van der Waals surface area contributed by atoms with Crippen LogP contribution in [0.4, 0.5) is 0 Å². The van der Waals surface area contributed by atoms with Gasteiger partial charge in [-0.15, -0.1) is 24.0 Å². The molecule has 1 atom stereocenters. The molecule has 6 nitrogen and oxygen atoms in total. The second kappa shape index (κ2) is 14.1. The lowest BCUT2D eigenvalue weighted by atomic mass is 10.0. The molecule has 0 saturated carbocycles. The second-order valence-corrected chi connectivity index (χ2v) is 7.11. The first-order chi connectivity index (χ1) is 13.2. The highest BCUT2D eigenvalue weighted by atomic mass is 127. The lowest BCUT2D eigenvalue weighted by Crippen LogP contribution is -2.40. The minimum Gasteiger partial charge on any atom is -0.489 e. The Morgan fingerprint density at radius 3 is 2.71 bits per heavy atom. The van der Waals surface area contributed by atoms with Crippen molar-refractivity contribution < 1.29 is 14.6 Å². The maximum Gasteiger partial charge on any atom is 0.191 e. The van der Waals surface area contributed by atoms with Gasteiger partial charge in [-0.05, 0) is 43.4 Å². The van der Waals surface area contributed by atoms with E-state index in [1.54, 1.807) is 0 Å². The van der Waals surface area contributed by atoms with Gasteiger partial charge in [-0.1, -0.05) is 24.9 Å². The van der Waals surface area contributed by atoms with E-state index in [4.69, 9.17) is 21.1 Å². The molecule has 28 heavy (non-hydrogen) atoms. The third-order valence-electron chi connectivity index (χ3n) is 4.42. The fourth-order valence-electron chi connectivity index (χ4n) is 3.07. The van der Waals surface area contributed by atoms with E-state index in [2.05, 4.69) is 22.5 Å². The fourth-order valence-corrected chi connectivity index (χ4v) is 3.36. The van der Waals surface area contributed by atoms with Crippen molar-refractivity contribution in [3.05, 3.63) is 22.7 Å². The summed E-state index contributed by atoms with van der Waals surface area (Å²) in [5.74, 6) is 2.52. The number of hydrogen-bond donors (Lipinski definition) is 3. The molecule has 1 aliphatic heterocycles. The van der Waals surface area contributed by atoms with E-state index in [1.807, 2.05) is 19.1 Å². The van der Waals surface area contributed by atoms with Crippen molar-refractivity contribution in [3.8, 4) is 11.5 Å². The highest BCUT2D eigenvalue weighted by molar-refractivity contribution is 14.0. The van der Waals surface area contributed by atoms with Crippen LogP contribution >= 0.6 is 35.6 Å². The van der Waals surface area contributed by atoms with Crippen LogP contribution in [0.1, 0.15) is 45.1 Å². The molecule has 1 aromatic carbocycles. The highest BCUT2D eigenvalue weighted by Gasteiger charge is 2.15. The smallest absolute Gasteiger partial charge is 0.191 e. The topological polar surface area (TPSA) is 75.1 Å². The number of halogens is 2. The summed E-state index contributed by atoms with van der Waals surface area (Å²) in [5, 5.41) is 16.4. The van der Waals surface area contributed by atoms with Gasteiger partial charge >= 0.3 is 0 Å². The second-order valence-electron chi connectivity index (χ2n) is 6.70. The summed E-state index contributed by atoms with van der Waals surface area (Å²) in [6, 6.07) is 3.83. The van der Waals surface area contributed by atoms with Gasteiger partial charge in [0, 0.05) is 26.1 Å². The van der Waals surface area contributed by atoms with Crippen molar-refractivity contribution in [1.82, 2.24) is 10.6 Å². The first-order valence-corrected chi connectivity index (χ1v) is 10.3. The number of nitrogens with zero attached hydrogens (tertiary/aromatic N) is 1. The van der Waals surface area contributed by atoms with E-state index in [9.17, 15) is 5.11 Å². The molecule has 0 amide bonds. The number of aliphatic hydroxyl groups excluding tert-OH is 1. The molecule has 3 N–H and O–H groups in total. The molecule has 0 aliphatic carbocycles. The van der Waals surface area contributed by atoms with Gasteiger partial charge in [-0.3, -0.25) is 0 Å². The summed E-state index contributed by atoms with van der Waals surface area (Å²) in [4.78, 5) is 4.67. The Balaban J connectivity index is 0.00000392. The molecule has 0 saturated heterocycles. The van der Waals surface area contributed by atoms with Crippen LogP contribution < -0.4 is 20.1 Å². The molecule has 8 heteroatoms. The average Bonchev–Trinajstić information content (AvgIpc) is 2.90. The Morgan fingerprint density at radius 2 is 2.00 bits per heavy atom. The van der Waals surface area contributed by atoms with Crippen LogP contribution in [-0.2, 0) is 6.54 Å². The first kappa shape index (κ1) is 25.1. The first-order valence-electron chi connectivity index (χ1n) is 9.88. The normalized spacial score (nSPS) is 14.6. The predicted molar refractivity (Wildman–Crippen MR) is 125 cm³/mol. The third kappa shape index (κ3) is 8.21. The van der Waals surface area contributed by atoms with Gasteiger partial charge in [0.1, 0.15) is 0 Å². The minimum absolute atomic E-state index is 0. The number of rotatable bonds is 9. The summed E-state index contributed by atoms with van der Waals surface area (Å²) in [6.07, 6.45) is 3.85. The molecular weight excluding hydrogens is 493 g/mol. The SMILES string of the molecule is CCCC(CCO)CNC(=NCc1cc(Cl)c2c(c1)OCCCO2)NCC.I. The molecule has 0 bridgehead atoms. The van der Waals surface area contributed by atoms with Gasteiger partial charge < -0.3 is 25.2 Å². The van der Waals surface area contributed by atoms with Crippen LogP contribution in [0, 0.1) is 5.92 Å². The van der Waals surface area contributed by atoms with Crippen LogP contribution in [0.2, 0.25) is 5.02 Å². The van der Waals surface area contributed by atoms with Crippen molar-refractivity contribution in [2.45, 2.75) is 46.1 Å². The number of fused-ring (bicyclic) bond motifs is 1. The molecule has 1 unspecified atom stereocenters. The molecule has 0 radical (unpaired) electrons. The number of aliphatic imine (C=N–C) groups is 1. The average molecular weight is 526 g/mol. The number of hydrogen-bond acceptors (Lipinski definition) is 4. The van der Waals surface area contributed by atoms with Gasteiger partial charge in [0.25, 0.3) is 0 Å². The van der Waals surface area contributed by atoms with Crippen LogP contribution in [0.15, 0.2) is 17.1 Å². The standard InChI is InChI=1S/C20H32ClN3O3.HI/c1-3-6-15(7-8-25)13-23-20(22-4-2)24-14-16-11-17(21)19-18(12-16)26-9-5-10-27-19;/h11-12,15,25H,3-10,13-14H2,1-2H3,(H2,22,23,24);1H. The van der Waals surface area contributed by atoms with Gasteiger partial charge in [0.05, 0.1) is 24.8 Å². The lowest BCUT2D eigenvalue weighted by molar-refractivity contribution is 0.251. The third-order valence-corrected chi connectivity index (χ3v) is 4.70. The Morgan fingerprint density at radius 1 is 1.21 bits per heavy atom. The zero-order chi connectivity index (χ0) is 19.5. The monoisotopic (exact) mass is 525 g/mol. The minimum atomic E-state index is 0. The van der Waals surface area contributed by atoms with Crippen molar-refractivity contribution in [2.24, 2.45) is 10.9 Å². The maximum absolute atomic E-state index is 9.22. The van der Waals surface area contributed by atoms with Crippen LogP contribution in [0.5, 0.6) is 11.5 Å². The zero-order valence-electron chi connectivity index (χ0n) is 16.8.